The highest BCUT2D eigenvalue weighted by atomic mass is 16.5. The number of ether oxygens (including phenoxy) is 1. The number of hydrogen-bond donors (Lipinski definition) is 1. The molecule has 0 aromatic heterocycles. The van der Waals surface area contributed by atoms with Gasteiger partial charge in [0.2, 0.25) is 0 Å². The summed E-state index contributed by atoms with van der Waals surface area (Å²) in [6.07, 6.45) is 11.2. The molecule has 3 heteroatoms. The van der Waals surface area contributed by atoms with Crippen LogP contribution in [-0.4, -0.2) is 18.0 Å². The van der Waals surface area contributed by atoms with Crippen molar-refractivity contribution in [1.82, 2.24) is 0 Å². The van der Waals surface area contributed by atoms with Crippen molar-refractivity contribution >= 4 is 11.9 Å². The van der Waals surface area contributed by atoms with E-state index in [-0.39, 0.29) is 11.5 Å². The van der Waals surface area contributed by atoms with Crippen molar-refractivity contribution in [2.24, 2.45) is 0 Å². The Balaban J connectivity index is 2.52. The second-order valence-electron chi connectivity index (χ2n) is 4.57. The molecule has 108 valence electrons. The van der Waals surface area contributed by atoms with E-state index in [1.807, 2.05) is 6.08 Å². The Labute approximate surface area is 120 Å². The topological polar surface area (TPSA) is 46.5 Å². The lowest BCUT2D eigenvalue weighted by atomic mass is 10.1. The van der Waals surface area contributed by atoms with Crippen LogP contribution < -0.4 is 4.74 Å². The Morgan fingerprint density at radius 2 is 2.10 bits per heavy atom. The van der Waals surface area contributed by atoms with E-state index in [9.17, 15) is 9.90 Å². The maximum Gasteiger partial charge on any atom is 0.178 e. The first-order chi connectivity index (χ1) is 9.67. The monoisotopic (exact) mass is 274 g/mol. The van der Waals surface area contributed by atoms with Crippen LogP contribution in [0.25, 0.3) is 6.08 Å². The molecule has 1 rings (SSSR count). The van der Waals surface area contributed by atoms with Crippen molar-refractivity contribution in [3.63, 3.8) is 0 Å². The number of hydrogen-bond acceptors (Lipinski definition) is 3. The van der Waals surface area contributed by atoms with Crippen LogP contribution in [0.15, 0.2) is 36.4 Å². The Hall–Kier alpha value is -2.03. The van der Waals surface area contributed by atoms with Gasteiger partial charge in [0.15, 0.2) is 17.3 Å². The fraction of sp³-hybridized carbons (Fsp3) is 0.353. The van der Waals surface area contributed by atoms with Crippen LogP contribution in [0.5, 0.6) is 11.5 Å². The second kappa shape index (κ2) is 8.97. The fourth-order valence-electron chi connectivity index (χ4n) is 1.74. The molecule has 0 saturated carbocycles. The molecule has 1 aromatic carbocycles. The molecule has 1 N–H and O–H groups in total. The first kappa shape index (κ1) is 16.0. The van der Waals surface area contributed by atoms with Crippen molar-refractivity contribution in [1.29, 1.82) is 0 Å². The van der Waals surface area contributed by atoms with Gasteiger partial charge < -0.3 is 9.84 Å². The summed E-state index contributed by atoms with van der Waals surface area (Å²) in [5, 5.41) is 9.47. The molecule has 3 nitrogen and oxygen atoms in total. The Kier molecular flexibility index (Phi) is 7.18. The Morgan fingerprint density at radius 3 is 2.80 bits per heavy atom. The highest BCUT2D eigenvalue weighted by Gasteiger charge is 2.00. The number of benzene rings is 1. The molecule has 0 bridgehead atoms. The molecule has 0 amide bonds. The number of unbranched alkanes of at least 4 members (excludes halogenated alkanes) is 3. The number of carbonyl (C=O) groups excluding carboxylic acids is 1. The number of allylic oxidation sites excluding steroid dienone is 3. The minimum Gasteiger partial charge on any atom is -0.504 e. The summed E-state index contributed by atoms with van der Waals surface area (Å²) in [6.45, 7) is 2.16. The molecular formula is C17H22O3. The highest BCUT2D eigenvalue weighted by Crippen LogP contribution is 2.26. The summed E-state index contributed by atoms with van der Waals surface area (Å²) in [5.74, 6) is 0.454. The summed E-state index contributed by atoms with van der Waals surface area (Å²) >= 11 is 0. The van der Waals surface area contributed by atoms with Gasteiger partial charge in [0, 0.05) is 0 Å². The van der Waals surface area contributed by atoms with E-state index in [2.05, 4.69) is 6.92 Å². The molecule has 0 aliphatic rings. The third-order valence-corrected chi connectivity index (χ3v) is 2.90. The third-order valence-electron chi connectivity index (χ3n) is 2.90. The maximum absolute atomic E-state index is 11.6. The minimum absolute atomic E-state index is 0.0338. The van der Waals surface area contributed by atoms with Crippen molar-refractivity contribution in [2.45, 2.75) is 32.6 Å². The van der Waals surface area contributed by atoms with Crippen LogP contribution in [0.4, 0.5) is 0 Å². The SMILES string of the molecule is CCCCC/C=C\C(=O)/C=C/c1ccc(O)c(OC)c1. The lowest BCUT2D eigenvalue weighted by Crippen LogP contribution is -1.87. The molecule has 0 fully saturated rings. The van der Waals surface area contributed by atoms with E-state index in [0.29, 0.717) is 5.75 Å². The zero-order chi connectivity index (χ0) is 14.8. The lowest BCUT2D eigenvalue weighted by Gasteiger charge is -2.03. The number of ketones is 1. The first-order valence-corrected chi connectivity index (χ1v) is 6.93. The standard InChI is InChI=1S/C17H22O3/c1-3-4-5-6-7-8-15(18)11-9-14-10-12-16(19)17(13-14)20-2/h7-13,19H,3-6H2,1-2H3/b8-7-,11-9+. The van der Waals surface area contributed by atoms with Gasteiger partial charge in [-0.15, -0.1) is 0 Å². The van der Waals surface area contributed by atoms with E-state index < -0.39 is 0 Å². The van der Waals surface area contributed by atoms with Gasteiger partial charge in [-0.25, -0.2) is 0 Å². The van der Waals surface area contributed by atoms with Crippen molar-refractivity contribution < 1.29 is 14.6 Å². The number of phenolic OH excluding ortho intramolecular Hbond substituents is 1. The van der Waals surface area contributed by atoms with Gasteiger partial charge in [0.25, 0.3) is 0 Å². The Morgan fingerprint density at radius 1 is 1.30 bits per heavy atom. The summed E-state index contributed by atoms with van der Waals surface area (Å²) in [5.41, 5.74) is 0.812. The van der Waals surface area contributed by atoms with E-state index in [1.54, 1.807) is 30.4 Å². The molecule has 0 atom stereocenters. The predicted molar refractivity (Wildman–Crippen MR) is 82.0 cm³/mol. The van der Waals surface area contributed by atoms with Gasteiger partial charge in [0.1, 0.15) is 0 Å². The molecule has 0 heterocycles. The summed E-state index contributed by atoms with van der Waals surface area (Å²) < 4.78 is 5.01. The second-order valence-corrected chi connectivity index (χ2v) is 4.57. The molecular weight excluding hydrogens is 252 g/mol. The minimum atomic E-state index is -0.0338. The molecule has 0 unspecified atom stereocenters. The van der Waals surface area contributed by atoms with E-state index >= 15 is 0 Å². The summed E-state index contributed by atoms with van der Waals surface area (Å²) in [4.78, 5) is 11.6. The molecule has 1 aromatic rings. The molecule has 0 aliphatic heterocycles. The van der Waals surface area contributed by atoms with Crippen LogP contribution in [0.2, 0.25) is 0 Å². The maximum atomic E-state index is 11.6. The normalized spacial score (nSPS) is 11.3. The number of rotatable bonds is 8. The molecule has 0 spiro atoms. The molecule has 0 radical (unpaired) electrons. The zero-order valence-electron chi connectivity index (χ0n) is 12.1. The molecule has 0 saturated heterocycles. The van der Waals surface area contributed by atoms with Gasteiger partial charge in [-0.05, 0) is 42.7 Å². The van der Waals surface area contributed by atoms with Gasteiger partial charge in [-0.3, -0.25) is 4.79 Å². The third kappa shape index (κ3) is 5.74. The number of phenols is 1. The smallest absolute Gasteiger partial charge is 0.178 e. The lowest BCUT2D eigenvalue weighted by molar-refractivity contribution is -0.110. The van der Waals surface area contributed by atoms with Crippen molar-refractivity contribution in [3.05, 3.63) is 42.0 Å². The van der Waals surface area contributed by atoms with Crippen LogP contribution in [-0.2, 0) is 4.79 Å². The predicted octanol–water partition coefficient (Wildman–Crippen LogP) is 4.12. The van der Waals surface area contributed by atoms with E-state index in [0.717, 1.165) is 18.4 Å². The molecule has 20 heavy (non-hydrogen) atoms. The van der Waals surface area contributed by atoms with Crippen LogP contribution >= 0.6 is 0 Å². The first-order valence-electron chi connectivity index (χ1n) is 6.93. The largest absolute Gasteiger partial charge is 0.504 e. The average Bonchev–Trinajstić information content (AvgIpc) is 2.46. The summed E-state index contributed by atoms with van der Waals surface area (Å²) in [7, 11) is 1.49. The molecule has 0 aliphatic carbocycles. The fourth-order valence-corrected chi connectivity index (χ4v) is 1.74. The summed E-state index contributed by atoms with van der Waals surface area (Å²) in [6, 6.07) is 4.96. The van der Waals surface area contributed by atoms with Gasteiger partial charge in [-0.1, -0.05) is 38.0 Å². The Bertz CT molecular complexity index is 487. The van der Waals surface area contributed by atoms with Crippen LogP contribution in [0, 0.1) is 0 Å². The number of methoxy groups -OCH3 is 1. The van der Waals surface area contributed by atoms with Gasteiger partial charge in [0.05, 0.1) is 7.11 Å². The van der Waals surface area contributed by atoms with E-state index in [1.165, 1.54) is 26.0 Å². The van der Waals surface area contributed by atoms with Crippen LogP contribution in [0.3, 0.4) is 0 Å². The average molecular weight is 274 g/mol. The van der Waals surface area contributed by atoms with Crippen molar-refractivity contribution in [2.75, 3.05) is 7.11 Å². The highest BCUT2D eigenvalue weighted by molar-refractivity contribution is 6.01. The number of aromatic hydroxyl groups is 1. The number of carbonyl (C=O) groups is 1. The van der Waals surface area contributed by atoms with E-state index in [4.69, 9.17) is 4.74 Å². The van der Waals surface area contributed by atoms with Gasteiger partial charge >= 0.3 is 0 Å². The van der Waals surface area contributed by atoms with Gasteiger partial charge in [-0.2, -0.15) is 0 Å². The van der Waals surface area contributed by atoms with Crippen molar-refractivity contribution in [3.8, 4) is 11.5 Å². The van der Waals surface area contributed by atoms with Crippen LogP contribution in [0.1, 0.15) is 38.2 Å². The quantitative estimate of drug-likeness (QED) is 0.573. The zero-order valence-corrected chi connectivity index (χ0v) is 12.1.